The molecule has 1 atom stereocenters. The molecule has 0 bridgehead atoms. The van der Waals surface area contributed by atoms with E-state index in [4.69, 9.17) is 4.74 Å². The molecule has 0 saturated heterocycles. The predicted molar refractivity (Wildman–Crippen MR) is 125 cm³/mol. The van der Waals surface area contributed by atoms with Gasteiger partial charge < -0.3 is 15.4 Å². The van der Waals surface area contributed by atoms with Crippen LogP contribution in [0.5, 0.6) is 0 Å². The van der Waals surface area contributed by atoms with Gasteiger partial charge in [-0.2, -0.15) is 11.8 Å². The molecule has 2 aromatic rings. The van der Waals surface area contributed by atoms with E-state index in [2.05, 4.69) is 45.3 Å². The molecule has 164 valence electrons. The van der Waals surface area contributed by atoms with E-state index >= 15 is 0 Å². The van der Waals surface area contributed by atoms with Crippen molar-refractivity contribution in [2.24, 2.45) is 0 Å². The average molecular weight is 450 g/mol. The van der Waals surface area contributed by atoms with Gasteiger partial charge in [0.05, 0.1) is 10.7 Å². The molecule has 2 amide bonds. The Bertz CT molecular complexity index is 829. The standard InChI is InChI=1S/C22H31N3O3S2/c1-15-24-19(14-30-15)17-8-6-16(7-9-17)10-12-23-20(26)18(11-13-29-5)25-21(27)28-22(2,3)4/h6-9,14,18H,10-13H2,1-5H3,(H,23,26)(H,25,27)/t18-/m0/s1. The van der Waals surface area contributed by atoms with Gasteiger partial charge in [0.15, 0.2) is 0 Å². The van der Waals surface area contributed by atoms with E-state index in [-0.39, 0.29) is 5.91 Å². The number of hydrogen-bond donors (Lipinski definition) is 2. The van der Waals surface area contributed by atoms with Crippen molar-refractivity contribution in [1.29, 1.82) is 0 Å². The molecule has 0 aliphatic carbocycles. The Morgan fingerprint density at radius 2 is 1.93 bits per heavy atom. The van der Waals surface area contributed by atoms with Crippen LogP contribution in [0.3, 0.4) is 0 Å². The first-order valence-corrected chi connectivity index (χ1v) is 12.2. The Morgan fingerprint density at radius 3 is 2.50 bits per heavy atom. The number of ether oxygens (including phenoxy) is 1. The van der Waals surface area contributed by atoms with Crippen LogP contribution in [0.2, 0.25) is 0 Å². The quantitative estimate of drug-likeness (QED) is 0.592. The number of carbonyl (C=O) groups is 2. The lowest BCUT2D eigenvalue weighted by atomic mass is 10.1. The monoisotopic (exact) mass is 449 g/mol. The van der Waals surface area contributed by atoms with Crippen LogP contribution < -0.4 is 10.6 Å². The van der Waals surface area contributed by atoms with Gasteiger partial charge in [0.1, 0.15) is 11.6 Å². The van der Waals surface area contributed by atoms with Crippen molar-refractivity contribution in [2.75, 3.05) is 18.6 Å². The van der Waals surface area contributed by atoms with Gasteiger partial charge in [-0.15, -0.1) is 11.3 Å². The number of thiazole rings is 1. The Morgan fingerprint density at radius 1 is 1.23 bits per heavy atom. The lowest BCUT2D eigenvalue weighted by Crippen LogP contribution is -2.48. The number of thioether (sulfide) groups is 1. The predicted octanol–water partition coefficient (Wildman–Crippen LogP) is 4.42. The first-order valence-electron chi connectivity index (χ1n) is 9.95. The maximum atomic E-state index is 12.6. The summed E-state index contributed by atoms with van der Waals surface area (Å²) in [6.45, 7) is 7.88. The molecule has 0 radical (unpaired) electrons. The van der Waals surface area contributed by atoms with E-state index < -0.39 is 17.7 Å². The first kappa shape index (κ1) is 24.2. The minimum Gasteiger partial charge on any atom is -0.444 e. The highest BCUT2D eigenvalue weighted by molar-refractivity contribution is 7.98. The summed E-state index contributed by atoms with van der Waals surface area (Å²) in [6.07, 6.45) is 2.66. The number of amides is 2. The molecule has 1 aromatic carbocycles. The fourth-order valence-corrected chi connectivity index (χ4v) is 3.84. The molecule has 30 heavy (non-hydrogen) atoms. The summed E-state index contributed by atoms with van der Waals surface area (Å²) >= 11 is 3.27. The number of aryl methyl sites for hydroxylation is 1. The molecule has 0 saturated carbocycles. The van der Waals surface area contributed by atoms with Crippen LogP contribution in [0.15, 0.2) is 29.6 Å². The van der Waals surface area contributed by atoms with E-state index in [1.807, 2.05) is 13.2 Å². The molecule has 0 fully saturated rings. The Hall–Kier alpha value is -2.06. The summed E-state index contributed by atoms with van der Waals surface area (Å²) in [4.78, 5) is 29.1. The normalized spacial score (nSPS) is 12.3. The van der Waals surface area contributed by atoms with Crippen LogP contribution in [-0.2, 0) is 16.0 Å². The Kier molecular flexibility index (Phi) is 9.17. The highest BCUT2D eigenvalue weighted by Gasteiger charge is 2.23. The van der Waals surface area contributed by atoms with Crippen LogP contribution in [0.1, 0.15) is 37.8 Å². The second-order valence-electron chi connectivity index (χ2n) is 7.97. The van der Waals surface area contributed by atoms with Crippen molar-refractivity contribution in [3.8, 4) is 11.3 Å². The molecular formula is C22H31N3O3S2. The van der Waals surface area contributed by atoms with E-state index in [0.29, 0.717) is 19.4 Å². The fourth-order valence-electron chi connectivity index (χ4n) is 2.75. The molecule has 0 unspecified atom stereocenters. The molecule has 8 heteroatoms. The minimum atomic E-state index is -0.609. The molecule has 0 aliphatic heterocycles. The number of benzene rings is 1. The van der Waals surface area contributed by atoms with Crippen molar-refractivity contribution < 1.29 is 14.3 Å². The molecule has 6 nitrogen and oxygen atoms in total. The zero-order valence-electron chi connectivity index (χ0n) is 18.3. The lowest BCUT2D eigenvalue weighted by molar-refractivity contribution is -0.123. The Balaban J connectivity index is 1.85. The van der Waals surface area contributed by atoms with Crippen LogP contribution >= 0.6 is 23.1 Å². The number of aromatic nitrogens is 1. The van der Waals surface area contributed by atoms with E-state index in [0.717, 1.165) is 27.6 Å². The summed E-state index contributed by atoms with van der Waals surface area (Å²) in [5.41, 5.74) is 2.60. The molecule has 2 N–H and O–H groups in total. The zero-order chi connectivity index (χ0) is 22.1. The SMILES string of the molecule is CSCC[C@H](NC(=O)OC(C)(C)C)C(=O)NCCc1ccc(-c2csc(C)n2)cc1. The fraction of sp³-hybridized carbons (Fsp3) is 0.500. The third-order valence-corrected chi connectivity index (χ3v) is 5.62. The largest absolute Gasteiger partial charge is 0.444 e. The summed E-state index contributed by atoms with van der Waals surface area (Å²) in [5.74, 6) is 0.579. The summed E-state index contributed by atoms with van der Waals surface area (Å²) in [5, 5.41) is 8.72. The van der Waals surface area contributed by atoms with Crippen molar-refractivity contribution >= 4 is 35.1 Å². The molecule has 0 aliphatic rings. The van der Waals surface area contributed by atoms with Crippen LogP contribution in [0.4, 0.5) is 4.79 Å². The van der Waals surface area contributed by atoms with E-state index in [1.165, 1.54) is 0 Å². The van der Waals surface area contributed by atoms with Gasteiger partial charge in [-0.25, -0.2) is 9.78 Å². The topological polar surface area (TPSA) is 80.3 Å². The van der Waals surface area contributed by atoms with Crippen LogP contribution in [0, 0.1) is 6.92 Å². The second kappa shape index (κ2) is 11.4. The van der Waals surface area contributed by atoms with Gasteiger partial charge in [0.25, 0.3) is 0 Å². The maximum absolute atomic E-state index is 12.6. The number of nitrogens with one attached hydrogen (secondary N) is 2. The number of nitrogens with zero attached hydrogens (tertiary/aromatic N) is 1. The number of carbonyl (C=O) groups excluding carboxylic acids is 2. The summed E-state index contributed by atoms with van der Waals surface area (Å²) in [6, 6.07) is 7.61. The Labute approximate surface area is 187 Å². The van der Waals surface area contributed by atoms with Crippen molar-refractivity contribution in [3.63, 3.8) is 0 Å². The summed E-state index contributed by atoms with van der Waals surface area (Å²) in [7, 11) is 0. The minimum absolute atomic E-state index is 0.190. The number of rotatable bonds is 9. The highest BCUT2D eigenvalue weighted by atomic mass is 32.2. The van der Waals surface area contributed by atoms with Crippen molar-refractivity contribution in [3.05, 3.63) is 40.2 Å². The third kappa shape index (κ3) is 8.36. The number of hydrogen-bond acceptors (Lipinski definition) is 6. The molecule has 1 heterocycles. The van der Waals surface area contributed by atoms with Crippen LogP contribution in [0.25, 0.3) is 11.3 Å². The average Bonchev–Trinajstić information content (AvgIpc) is 3.10. The van der Waals surface area contributed by atoms with Crippen LogP contribution in [-0.4, -0.2) is 47.2 Å². The van der Waals surface area contributed by atoms with Crippen molar-refractivity contribution in [1.82, 2.24) is 15.6 Å². The third-order valence-electron chi connectivity index (χ3n) is 4.20. The summed E-state index contributed by atoms with van der Waals surface area (Å²) < 4.78 is 5.28. The maximum Gasteiger partial charge on any atom is 0.408 e. The number of alkyl carbamates (subject to hydrolysis) is 1. The first-order chi connectivity index (χ1) is 14.2. The van der Waals surface area contributed by atoms with Gasteiger partial charge in [-0.05, 0) is 58.1 Å². The van der Waals surface area contributed by atoms with Crippen molar-refractivity contribution in [2.45, 2.75) is 52.2 Å². The molecule has 2 rings (SSSR count). The highest BCUT2D eigenvalue weighted by Crippen LogP contribution is 2.21. The smallest absolute Gasteiger partial charge is 0.408 e. The van der Waals surface area contributed by atoms with Gasteiger partial charge in [0.2, 0.25) is 5.91 Å². The van der Waals surface area contributed by atoms with Gasteiger partial charge in [-0.3, -0.25) is 4.79 Å². The van der Waals surface area contributed by atoms with Gasteiger partial charge in [-0.1, -0.05) is 24.3 Å². The lowest BCUT2D eigenvalue weighted by Gasteiger charge is -2.23. The molecule has 1 aromatic heterocycles. The van der Waals surface area contributed by atoms with Gasteiger partial charge >= 0.3 is 6.09 Å². The van der Waals surface area contributed by atoms with E-state index in [9.17, 15) is 9.59 Å². The second-order valence-corrected chi connectivity index (χ2v) is 10.0. The van der Waals surface area contributed by atoms with Gasteiger partial charge in [0, 0.05) is 17.5 Å². The molecular weight excluding hydrogens is 418 g/mol. The van der Waals surface area contributed by atoms with E-state index in [1.54, 1.807) is 43.9 Å². The zero-order valence-corrected chi connectivity index (χ0v) is 19.9. The molecule has 0 spiro atoms.